The summed E-state index contributed by atoms with van der Waals surface area (Å²) in [4.78, 5) is 41.1. The molecule has 0 spiro atoms. The number of imidazole rings is 1. The van der Waals surface area contributed by atoms with Crippen LogP contribution in [0.2, 0.25) is 0 Å². The van der Waals surface area contributed by atoms with Crippen molar-refractivity contribution in [3.8, 4) is 5.75 Å². The molecule has 0 radical (unpaired) electrons. The Balaban J connectivity index is 2.53. The molecule has 0 unspecified atom stereocenters. The quantitative estimate of drug-likeness (QED) is 0.239. The molecule has 0 aliphatic heterocycles. The summed E-state index contributed by atoms with van der Waals surface area (Å²) >= 11 is 0. The number of ether oxygens (including phenoxy) is 2. The van der Waals surface area contributed by atoms with Crippen LogP contribution in [0.5, 0.6) is 5.75 Å². The molecule has 222 valence electrons. The Morgan fingerprint density at radius 3 is 1.90 bits per heavy atom. The van der Waals surface area contributed by atoms with E-state index in [1.807, 2.05) is 55.4 Å². The first-order chi connectivity index (χ1) is 18.4. The van der Waals surface area contributed by atoms with Gasteiger partial charge in [-0.3, -0.25) is 9.59 Å². The van der Waals surface area contributed by atoms with Crippen molar-refractivity contribution < 1.29 is 34.1 Å². The number of phenolic OH excluding ortho intramolecular Hbond substituents is 1. The summed E-state index contributed by atoms with van der Waals surface area (Å²) in [6.45, 7) is 16.5. The van der Waals surface area contributed by atoms with E-state index in [9.17, 15) is 24.6 Å². The van der Waals surface area contributed by atoms with E-state index in [0.717, 1.165) is 0 Å². The molecule has 0 fully saturated rings. The third-order valence-corrected chi connectivity index (χ3v) is 7.07. The predicted octanol–water partition coefficient (Wildman–Crippen LogP) is 4.97. The van der Waals surface area contributed by atoms with E-state index < -0.39 is 35.3 Å². The predicted molar refractivity (Wildman–Crippen MR) is 151 cm³/mol. The normalized spacial score (nSPS) is 12.9. The maximum Gasteiger partial charge on any atom is 0.439 e. The summed E-state index contributed by atoms with van der Waals surface area (Å²) in [7, 11) is 0. The van der Waals surface area contributed by atoms with Crippen molar-refractivity contribution in [2.75, 3.05) is 6.79 Å². The Labute approximate surface area is 236 Å². The molecule has 0 atom stereocenters. The standard InChI is InChI=1S/C30H45N3O7/c1-10-30(38,11-2)12-13-32-14-15-33(26(32)31-27(37)40-19-39-20(3)34)18-24(35)21-16-22(28(4,5)6)25(36)23(17-21)29(7,8)9/h14-17,36,38H,10-13,18-19H2,1-9H3/b31-26+. The molecule has 0 bridgehead atoms. The van der Waals surface area contributed by atoms with Gasteiger partial charge in [0.05, 0.1) is 12.1 Å². The second-order valence-corrected chi connectivity index (χ2v) is 12.2. The van der Waals surface area contributed by atoms with Crippen LogP contribution in [-0.2, 0) is 38.2 Å². The van der Waals surface area contributed by atoms with Crippen LogP contribution in [0.25, 0.3) is 0 Å². The molecule has 10 heteroatoms. The number of esters is 1. The Hall–Kier alpha value is -3.40. The molecule has 0 aliphatic rings. The summed E-state index contributed by atoms with van der Waals surface area (Å²) in [5, 5.41) is 21.8. The van der Waals surface area contributed by atoms with Crippen LogP contribution in [0.3, 0.4) is 0 Å². The molecule has 1 aromatic heterocycles. The number of hydrogen-bond acceptors (Lipinski definition) is 7. The van der Waals surface area contributed by atoms with E-state index in [-0.39, 0.29) is 23.7 Å². The lowest BCUT2D eigenvalue weighted by Gasteiger charge is -2.28. The number of carbonyl (C=O) groups is 3. The average Bonchev–Trinajstić information content (AvgIpc) is 3.21. The number of hydrogen-bond donors (Lipinski definition) is 2. The number of amides is 1. The largest absolute Gasteiger partial charge is 0.507 e. The summed E-state index contributed by atoms with van der Waals surface area (Å²) < 4.78 is 12.8. The zero-order chi connectivity index (χ0) is 30.5. The van der Waals surface area contributed by atoms with Crippen molar-refractivity contribution >= 4 is 17.8 Å². The SMILES string of the molecule is CCC(O)(CC)CCn1ccn(CC(=O)c2cc(C(C)(C)C)c(O)c(C(C)(C)C)c2)/c1=N/C(=O)OCOC(C)=O. The molecule has 10 nitrogen and oxygen atoms in total. The van der Waals surface area contributed by atoms with Gasteiger partial charge in [0.2, 0.25) is 12.4 Å². The number of Topliss-reactive ketones (excluding diaryl/α,β-unsaturated/α-hetero) is 1. The lowest BCUT2D eigenvalue weighted by Crippen LogP contribution is -2.33. The molecule has 0 saturated heterocycles. The number of phenols is 1. The van der Waals surface area contributed by atoms with Crippen molar-refractivity contribution in [1.82, 2.24) is 9.13 Å². The van der Waals surface area contributed by atoms with Crippen molar-refractivity contribution in [2.24, 2.45) is 4.99 Å². The fourth-order valence-corrected chi connectivity index (χ4v) is 4.28. The molecule has 1 amide bonds. The average molecular weight is 560 g/mol. The Morgan fingerprint density at radius 1 is 0.900 bits per heavy atom. The van der Waals surface area contributed by atoms with E-state index in [0.29, 0.717) is 42.5 Å². The summed E-state index contributed by atoms with van der Waals surface area (Å²) in [6.07, 6.45) is 3.88. The summed E-state index contributed by atoms with van der Waals surface area (Å²) in [5.74, 6) is -0.656. The second-order valence-electron chi connectivity index (χ2n) is 12.2. The van der Waals surface area contributed by atoms with Gasteiger partial charge in [-0.15, -0.1) is 4.99 Å². The van der Waals surface area contributed by atoms with Crippen molar-refractivity contribution in [3.05, 3.63) is 46.8 Å². The van der Waals surface area contributed by atoms with Gasteiger partial charge in [-0.25, -0.2) is 4.79 Å². The highest BCUT2D eigenvalue weighted by Crippen LogP contribution is 2.39. The first-order valence-electron chi connectivity index (χ1n) is 13.7. The van der Waals surface area contributed by atoms with Crippen LogP contribution in [-0.4, -0.2) is 49.6 Å². The van der Waals surface area contributed by atoms with Crippen LogP contribution in [0.1, 0.15) is 103 Å². The molecular weight excluding hydrogens is 514 g/mol. The molecule has 0 saturated carbocycles. The third kappa shape index (κ3) is 8.55. The van der Waals surface area contributed by atoms with Crippen molar-refractivity contribution in [2.45, 2.75) is 111 Å². The van der Waals surface area contributed by atoms with Crippen molar-refractivity contribution in [1.29, 1.82) is 0 Å². The number of ketones is 1. The van der Waals surface area contributed by atoms with Gasteiger partial charge in [-0.2, -0.15) is 0 Å². The highest BCUT2D eigenvalue weighted by atomic mass is 16.7. The molecule has 1 aromatic carbocycles. The van der Waals surface area contributed by atoms with Gasteiger partial charge < -0.3 is 28.8 Å². The minimum atomic E-state index is -0.988. The lowest BCUT2D eigenvalue weighted by molar-refractivity contribution is -0.148. The number of nitrogens with zero attached hydrogens (tertiary/aromatic N) is 3. The number of aromatic hydroxyl groups is 1. The highest BCUT2D eigenvalue weighted by molar-refractivity contribution is 5.96. The smallest absolute Gasteiger partial charge is 0.439 e. The molecule has 0 aliphatic carbocycles. The van der Waals surface area contributed by atoms with Gasteiger partial charge in [0, 0.05) is 42.6 Å². The molecule has 40 heavy (non-hydrogen) atoms. The monoisotopic (exact) mass is 559 g/mol. The van der Waals surface area contributed by atoms with Gasteiger partial charge in [-0.1, -0.05) is 55.4 Å². The summed E-state index contributed by atoms with van der Waals surface area (Å²) in [5.41, 5.74) is 0.240. The Kier molecular flexibility index (Phi) is 10.5. The first kappa shape index (κ1) is 32.8. The van der Waals surface area contributed by atoms with E-state index in [4.69, 9.17) is 4.74 Å². The van der Waals surface area contributed by atoms with Crippen LogP contribution in [0.4, 0.5) is 4.79 Å². The van der Waals surface area contributed by atoms with E-state index in [2.05, 4.69) is 9.73 Å². The topological polar surface area (TPSA) is 132 Å². The van der Waals surface area contributed by atoms with Crippen LogP contribution < -0.4 is 5.62 Å². The van der Waals surface area contributed by atoms with E-state index in [1.165, 1.54) is 11.5 Å². The number of aryl methyl sites for hydroxylation is 1. The summed E-state index contributed by atoms with van der Waals surface area (Å²) in [6, 6.07) is 3.44. The van der Waals surface area contributed by atoms with Crippen LogP contribution in [0, 0.1) is 0 Å². The fourth-order valence-electron chi connectivity index (χ4n) is 4.28. The van der Waals surface area contributed by atoms with Gasteiger partial charge in [0.25, 0.3) is 0 Å². The lowest BCUT2D eigenvalue weighted by atomic mass is 9.78. The van der Waals surface area contributed by atoms with Gasteiger partial charge in [0.15, 0.2) is 5.78 Å². The molecular formula is C30H45N3O7. The second kappa shape index (κ2) is 12.8. The zero-order valence-electron chi connectivity index (χ0n) is 25.3. The maximum absolute atomic E-state index is 13.6. The molecule has 2 N–H and O–H groups in total. The van der Waals surface area contributed by atoms with E-state index >= 15 is 0 Å². The van der Waals surface area contributed by atoms with Gasteiger partial charge in [-0.05, 0) is 42.2 Å². The number of carbonyl (C=O) groups excluding carboxylic acids is 3. The molecule has 2 rings (SSSR count). The number of aromatic nitrogens is 2. The highest BCUT2D eigenvalue weighted by Gasteiger charge is 2.28. The van der Waals surface area contributed by atoms with Crippen LogP contribution >= 0.6 is 0 Å². The number of rotatable bonds is 10. The molecule has 1 heterocycles. The fraction of sp³-hybridized carbons (Fsp3) is 0.600. The number of aliphatic hydroxyl groups is 1. The minimum absolute atomic E-state index is 0.132. The van der Waals surface area contributed by atoms with Gasteiger partial charge >= 0.3 is 12.1 Å². The van der Waals surface area contributed by atoms with E-state index in [1.54, 1.807) is 29.1 Å². The Bertz CT molecular complexity index is 1250. The first-order valence-corrected chi connectivity index (χ1v) is 13.7. The maximum atomic E-state index is 13.6. The van der Waals surface area contributed by atoms with Crippen molar-refractivity contribution in [3.63, 3.8) is 0 Å². The van der Waals surface area contributed by atoms with Gasteiger partial charge in [0.1, 0.15) is 5.75 Å². The van der Waals surface area contributed by atoms with Crippen LogP contribution in [0.15, 0.2) is 29.5 Å². The minimum Gasteiger partial charge on any atom is -0.507 e. The molecule has 2 aromatic rings. The third-order valence-electron chi connectivity index (χ3n) is 7.07. The zero-order valence-corrected chi connectivity index (χ0v) is 25.3. The Morgan fingerprint density at radius 2 is 1.43 bits per heavy atom. The number of benzene rings is 1.